The molecule has 20 heavy (non-hydrogen) atoms. The van der Waals surface area contributed by atoms with Crippen LogP contribution in [0.15, 0.2) is 24.3 Å². The Labute approximate surface area is 121 Å². The fourth-order valence-corrected chi connectivity index (χ4v) is 3.35. The van der Waals surface area contributed by atoms with Crippen LogP contribution in [0.5, 0.6) is 0 Å². The minimum atomic E-state index is -3.44. The standard InChI is InChI=1S/C14H23NO4S/c1-11(2)14(9-19-3)15-20(17,18)10-13-6-4-5-12(7-13)8-16/h4-7,11,14-16H,8-10H2,1-3H3. The normalized spacial score (nSPS) is 13.7. The Kier molecular flexibility index (Phi) is 6.61. The summed E-state index contributed by atoms with van der Waals surface area (Å²) >= 11 is 0. The third-order valence-electron chi connectivity index (χ3n) is 3.01. The van der Waals surface area contributed by atoms with Crippen molar-refractivity contribution in [3.05, 3.63) is 35.4 Å². The van der Waals surface area contributed by atoms with Crippen molar-refractivity contribution in [2.24, 2.45) is 5.92 Å². The molecule has 0 aromatic heterocycles. The third-order valence-corrected chi connectivity index (χ3v) is 4.39. The maximum atomic E-state index is 12.2. The monoisotopic (exact) mass is 301 g/mol. The average molecular weight is 301 g/mol. The second-order valence-corrected chi connectivity index (χ2v) is 6.91. The molecule has 0 aliphatic rings. The van der Waals surface area contributed by atoms with Crippen LogP contribution in [0.3, 0.4) is 0 Å². The molecule has 1 aromatic rings. The van der Waals surface area contributed by atoms with Gasteiger partial charge in [-0.3, -0.25) is 0 Å². The number of methoxy groups -OCH3 is 1. The molecule has 1 aromatic carbocycles. The Morgan fingerprint density at radius 1 is 1.30 bits per heavy atom. The number of aliphatic hydroxyl groups is 1. The van der Waals surface area contributed by atoms with Gasteiger partial charge < -0.3 is 9.84 Å². The lowest BCUT2D eigenvalue weighted by Gasteiger charge is -2.21. The number of nitrogens with one attached hydrogen (secondary N) is 1. The van der Waals surface area contributed by atoms with Crippen molar-refractivity contribution in [1.82, 2.24) is 4.72 Å². The van der Waals surface area contributed by atoms with Crippen molar-refractivity contribution in [2.45, 2.75) is 32.2 Å². The van der Waals surface area contributed by atoms with E-state index in [-0.39, 0.29) is 24.3 Å². The van der Waals surface area contributed by atoms with Crippen LogP contribution in [-0.2, 0) is 27.1 Å². The van der Waals surface area contributed by atoms with Crippen molar-refractivity contribution >= 4 is 10.0 Å². The predicted molar refractivity (Wildman–Crippen MR) is 78.6 cm³/mol. The maximum absolute atomic E-state index is 12.2. The topological polar surface area (TPSA) is 75.6 Å². The summed E-state index contributed by atoms with van der Waals surface area (Å²) in [6.45, 7) is 4.13. The van der Waals surface area contributed by atoms with Gasteiger partial charge in [-0.2, -0.15) is 0 Å². The molecular weight excluding hydrogens is 278 g/mol. The molecule has 0 aliphatic carbocycles. The summed E-state index contributed by atoms with van der Waals surface area (Å²) in [5.74, 6) is 0.0434. The molecule has 0 bridgehead atoms. The SMILES string of the molecule is COCC(NS(=O)(=O)Cc1cccc(CO)c1)C(C)C. The Bertz CT molecular complexity index is 514. The first-order valence-electron chi connectivity index (χ1n) is 6.55. The molecule has 0 aliphatic heterocycles. The second kappa shape index (κ2) is 7.73. The molecular formula is C14H23NO4S. The molecule has 0 saturated heterocycles. The van der Waals surface area contributed by atoms with Crippen LogP contribution in [0.1, 0.15) is 25.0 Å². The van der Waals surface area contributed by atoms with Gasteiger partial charge in [-0.25, -0.2) is 13.1 Å². The van der Waals surface area contributed by atoms with Crippen LogP contribution in [0.4, 0.5) is 0 Å². The largest absolute Gasteiger partial charge is 0.392 e. The second-order valence-electron chi connectivity index (χ2n) is 5.16. The van der Waals surface area contributed by atoms with Gasteiger partial charge in [0.05, 0.1) is 19.0 Å². The van der Waals surface area contributed by atoms with E-state index in [0.29, 0.717) is 17.7 Å². The van der Waals surface area contributed by atoms with E-state index < -0.39 is 10.0 Å². The summed E-state index contributed by atoms with van der Waals surface area (Å²) in [6.07, 6.45) is 0. The van der Waals surface area contributed by atoms with E-state index in [0.717, 1.165) is 0 Å². The van der Waals surface area contributed by atoms with Gasteiger partial charge in [0, 0.05) is 13.2 Å². The number of ether oxygens (including phenoxy) is 1. The maximum Gasteiger partial charge on any atom is 0.216 e. The molecule has 1 unspecified atom stereocenters. The summed E-state index contributed by atoms with van der Waals surface area (Å²) < 4.78 is 32.0. The lowest BCUT2D eigenvalue weighted by Crippen LogP contribution is -2.42. The van der Waals surface area contributed by atoms with Gasteiger partial charge in [0.1, 0.15) is 0 Å². The summed E-state index contributed by atoms with van der Waals surface area (Å²) in [6, 6.07) is 6.68. The molecule has 0 radical (unpaired) electrons. The highest BCUT2D eigenvalue weighted by Gasteiger charge is 2.21. The van der Waals surface area contributed by atoms with Gasteiger partial charge in [0.15, 0.2) is 0 Å². The first kappa shape index (κ1) is 17.1. The minimum absolute atomic E-state index is 0.0976. The highest BCUT2D eigenvalue weighted by atomic mass is 32.2. The number of aliphatic hydroxyl groups excluding tert-OH is 1. The first-order chi connectivity index (χ1) is 9.38. The van der Waals surface area contributed by atoms with Crippen LogP contribution in [0.2, 0.25) is 0 Å². The van der Waals surface area contributed by atoms with E-state index in [2.05, 4.69) is 4.72 Å². The zero-order valence-corrected chi connectivity index (χ0v) is 13.0. The smallest absolute Gasteiger partial charge is 0.216 e. The van der Waals surface area contributed by atoms with E-state index in [1.807, 2.05) is 13.8 Å². The molecule has 114 valence electrons. The minimum Gasteiger partial charge on any atom is -0.392 e. The Hall–Kier alpha value is -0.950. The zero-order valence-electron chi connectivity index (χ0n) is 12.2. The molecule has 0 spiro atoms. The molecule has 0 heterocycles. The summed E-state index contributed by atoms with van der Waals surface area (Å²) in [7, 11) is -1.89. The van der Waals surface area contributed by atoms with Crippen molar-refractivity contribution in [2.75, 3.05) is 13.7 Å². The van der Waals surface area contributed by atoms with Gasteiger partial charge in [0.2, 0.25) is 10.0 Å². The molecule has 0 fully saturated rings. The van der Waals surface area contributed by atoms with Crippen LogP contribution in [0, 0.1) is 5.92 Å². The molecule has 1 atom stereocenters. The predicted octanol–water partition coefficient (Wildman–Crippen LogP) is 1.27. The van der Waals surface area contributed by atoms with Crippen molar-refractivity contribution < 1.29 is 18.3 Å². The summed E-state index contributed by atoms with van der Waals surface area (Å²) in [5.41, 5.74) is 1.36. The fourth-order valence-electron chi connectivity index (χ4n) is 1.85. The van der Waals surface area contributed by atoms with E-state index in [4.69, 9.17) is 9.84 Å². The lowest BCUT2D eigenvalue weighted by molar-refractivity contribution is 0.157. The van der Waals surface area contributed by atoms with Gasteiger partial charge in [0.25, 0.3) is 0 Å². The van der Waals surface area contributed by atoms with E-state index >= 15 is 0 Å². The van der Waals surface area contributed by atoms with Crippen LogP contribution in [-0.4, -0.2) is 33.3 Å². The van der Waals surface area contributed by atoms with Gasteiger partial charge in [-0.15, -0.1) is 0 Å². The van der Waals surface area contributed by atoms with Gasteiger partial charge in [-0.05, 0) is 17.0 Å². The quantitative estimate of drug-likeness (QED) is 0.758. The van der Waals surface area contributed by atoms with Crippen LogP contribution >= 0.6 is 0 Å². The zero-order chi connectivity index (χ0) is 15.2. The van der Waals surface area contributed by atoms with Crippen LogP contribution < -0.4 is 4.72 Å². The highest BCUT2D eigenvalue weighted by Crippen LogP contribution is 2.11. The number of rotatable bonds is 8. The number of sulfonamides is 1. The van der Waals surface area contributed by atoms with E-state index in [9.17, 15) is 8.42 Å². The third kappa shape index (κ3) is 5.58. The Morgan fingerprint density at radius 2 is 1.95 bits per heavy atom. The molecule has 0 amide bonds. The van der Waals surface area contributed by atoms with Crippen LogP contribution in [0.25, 0.3) is 0 Å². The molecule has 6 heteroatoms. The molecule has 1 rings (SSSR count). The summed E-state index contributed by atoms with van der Waals surface area (Å²) in [5, 5.41) is 9.07. The molecule has 0 saturated carbocycles. The van der Waals surface area contributed by atoms with Crippen molar-refractivity contribution in [3.8, 4) is 0 Å². The van der Waals surface area contributed by atoms with Gasteiger partial charge >= 0.3 is 0 Å². The Morgan fingerprint density at radius 3 is 2.50 bits per heavy atom. The highest BCUT2D eigenvalue weighted by molar-refractivity contribution is 7.88. The Balaban J connectivity index is 2.77. The number of benzene rings is 1. The lowest BCUT2D eigenvalue weighted by atomic mass is 10.1. The average Bonchev–Trinajstić information content (AvgIpc) is 2.37. The van der Waals surface area contributed by atoms with E-state index in [1.54, 1.807) is 31.4 Å². The molecule has 2 N–H and O–H groups in total. The summed E-state index contributed by atoms with van der Waals surface area (Å²) in [4.78, 5) is 0. The molecule has 5 nitrogen and oxygen atoms in total. The number of hydrogen-bond donors (Lipinski definition) is 2. The van der Waals surface area contributed by atoms with Crippen molar-refractivity contribution in [1.29, 1.82) is 0 Å². The first-order valence-corrected chi connectivity index (χ1v) is 8.20. The van der Waals surface area contributed by atoms with Gasteiger partial charge in [-0.1, -0.05) is 38.1 Å². The van der Waals surface area contributed by atoms with Crippen molar-refractivity contribution in [3.63, 3.8) is 0 Å². The fraction of sp³-hybridized carbons (Fsp3) is 0.571. The van der Waals surface area contributed by atoms with E-state index in [1.165, 1.54) is 0 Å². The number of hydrogen-bond acceptors (Lipinski definition) is 4.